The van der Waals surface area contributed by atoms with Gasteiger partial charge in [0.1, 0.15) is 0 Å². The molecule has 0 saturated heterocycles. The van der Waals surface area contributed by atoms with Gasteiger partial charge in [-0.25, -0.2) is 0 Å². The lowest BCUT2D eigenvalue weighted by atomic mass is 9.83. The Balaban J connectivity index is 3.10. The van der Waals surface area contributed by atoms with Crippen LogP contribution in [0.5, 0.6) is 0 Å². The lowest BCUT2D eigenvalue weighted by molar-refractivity contribution is 0.379. The SMILES string of the molecule is CC(C)C1=CC(CCN(C)C)C(C(C)C)=C1C(C)C. The minimum absolute atomic E-state index is 0.649. The fraction of sp³-hybridized carbons (Fsp3) is 0.778. The third-order valence-electron chi connectivity index (χ3n) is 4.11. The normalized spacial score (nSPS) is 20.4. The zero-order chi connectivity index (χ0) is 14.7. The lowest BCUT2D eigenvalue weighted by Crippen LogP contribution is -2.18. The molecule has 1 nitrogen and oxygen atoms in total. The minimum atomic E-state index is 0.649. The van der Waals surface area contributed by atoms with E-state index in [4.69, 9.17) is 0 Å². The fourth-order valence-corrected chi connectivity index (χ4v) is 3.31. The van der Waals surface area contributed by atoms with Crippen molar-refractivity contribution in [2.75, 3.05) is 20.6 Å². The monoisotopic (exact) mass is 263 g/mol. The van der Waals surface area contributed by atoms with Gasteiger partial charge in [-0.05, 0) is 56.0 Å². The summed E-state index contributed by atoms with van der Waals surface area (Å²) in [4.78, 5) is 2.30. The summed E-state index contributed by atoms with van der Waals surface area (Å²) >= 11 is 0. The van der Waals surface area contributed by atoms with Gasteiger partial charge in [-0.3, -0.25) is 0 Å². The van der Waals surface area contributed by atoms with Crippen molar-refractivity contribution in [2.24, 2.45) is 23.7 Å². The third kappa shape index (κ3) is 3.95. The van der Waals surface area contributed by atoms with E-state index >= 15 is 0 Å². The van der Waals surface area contributed by atoms with Crippen LogP contribution in [0.4, 0.5) is 0 Å². The molecule has 110 valence electrons. The van der Waals surface area contributed by atoms with Crippen molar-refractivity contribution in [1.82, 2.24) is 4.90 Å². The van der Waals surface area contributed by atoms with Crippen molar-refractivity contribution >= 4 is 0 Å². The average molecular weight is 263 g/mol. The van der Waals surface area contributed by atoms with Crippen LogP contribution in [0.2, 0.25) is 0 Å². The second-order valence-corrected chi connectivity index (χ2v) is 7.15. The zero-order valence-corrected chi connectivity index (χ0v) is 14.2. The lowest BCUT2D eigenvalue weighted by Gasteiger charge is -2.23. The van der Waals surface area contributed by atoms with Crippen molar-refractivity contribution in [3.05, 3.63) is 22.8 Å². The van der Waals surface area contributed by atoms with Crippen molar-refractivity contribution < 1.29 is 0 Å². The molecule has 0 radical (unpaired) electrons. The molecule has 0 aromatic rings. The summed E-state index contributed by atoms with van der Waals surface area (Å²) in [6.07, 6.45) is 3.83. The Hall–Kier alpha value is -0.560. The highest BCUT2D eigenvalue weighted by Gasteiger charge is 2.30. The molecule has 0 bridgehead atoms. The van der Waals surface area contributed by atoms with Gasteiger partial charge in [-0.1, -0.05) is 53.2 Å². The van der Waals surface area contributed by atoms with Gasteiger partial charge in [0.15, 0.2) is 0 Å². The summed E-state index contributed by atoms with van der Waals surface area (Å²) in [7, 11) is 4.34. The Morgan fingerprint density at radius 1 is 0.947 bits per heavy atom. The van der Waals surface area contributed by atoms with Crippen LogP contribution < -0.4 is 0 Å². The summed E-state index contributed by atoms with van der Waals surface area (Å²) in [6, 6.07) is 0. The van der Waals surface area contributed by atoms with Crippen molar-refractivity contribution in [2.45, 2.75) is 48.0 Å². The Labute approximate surface area is 120 Å². The van der Waals surface area contributed by atoms with Gasteiger partial charge in [0.2, 0.25) is 0 Å². The molecule has 0 saturated carbocycles. The zero-order valence-electron chi connectivity index (χ0n) is 14.2. The predicted molar refractivity (Wildman–Crippen MR) is 86.3 cm³/mol. The number of allylic oxidation sites excluding steroid dienone is 4. The number of hydrogen-bond acceptors (Lipinski definition) is 1. The van der Waals surface area contributed by atoms with E-state index in [2.05, 4.69) is 66.6 Å². The van der Waals surface area contributed by atoms with Crippen LogP contribution in [-0.2, 0) is 0 Å². The molecule has 1 atom stereocenters. The molecule has 19 heavy (non-hydrogen) atoms. The summed E-state index contributed by atoms with van der Waals surface area (Å²) in [5.41, 5.74) is 4.98. The van der Waals surface area contributed by atoms with Gasteiger partial charge in [0, 0.05) is 5.92 Å². The van der Waals surface area contributed by atoms with E-state index in [1.807, 2.05) is 0 Å². The maximum atomic E-state index is 2.57. The van der Waals surface area contributed by atoms with Crippen LogP contribution in [-0.4, -0.2) is 25.5 Å². The average Bonchev–Trinajstić information content (AvgIpc) is 2.65. The van der Waals surface area contributed by atoms with Gasteiger partial charge in [0.25, 0.3) is 0 Å². The molecular weight excluding hydrogens is 230 g/mol. The largest absolute Gasteiger partial charge is 0.309 e. The van der Waals surface area contributed by atoms with E-state index < -0.39 is 0 Å². The minimum Gasteiger partial charge on any atom is -0.309 e. The molecule has 1 unspecified atom stereocenters. The molecule has 0 N–H and O–H groups in total. The van der Waals surface area contributed by atoms with Gasteiger partial charge in [-0.2, -0.15) is 0 Å². The molecule has 0 heterocycles. The quantitative estimate of drug-likeness (QED) is 0.668. The second kappa shape index (κ2) is 6.74. The van der Waals surface area contributed by atoms with E-state index in [0.717, 1.165) is 0 Å². The van der Waals surface area contributed by atoms with Gasteiger partial charge in [0.05, 0.1) is 0 Å². The third-order valence-corrected chi connectivity index (χ3v) is 4.11. The van der Waals surface area contributed by atoms with Crippen LogP contribution in [0, 0.1) is 23.7 Å². The molecule has 1 heteroatoms. The number of hydrogen-bond donors (Lipinski definition) is 0. The molecule has 0 aromatic carbocycles. The van der Waals surface area contributed by atoms with Gasteiger partial charge in [-0.15, -0.1) is 0 Å². The molecule has 0 aliphatic heterocycles. The first-order valence-electron chi connectivity index (χ1n) is 7.86. The van der Waals surface area contributed by atoms with Crippen molar-refractivity contribution in [3.8, 4) is 0 Å². The van der Waals surface area contributed by atoms with Crippen LogP contribution in [0.25, 0.3) is 0 Å². The highest BCUT2D eigenvalue weighted by Crippen LogP contribution is 2.43. The van der Waals surface area contributed by atoms with Gasteiger partial charge < -0.3 is 4.90 Å². The molecule has 1 aliphatic rings. The first kappa shape index (κ1) is 16.5. The summed E-state index contributed by atoms with van der Waals surface area (Å²) in [6.45, 7) is 15.3. The fourth-order valence-electron chi connectivity index (χ4n) is 3.31. The predicted octanol–water partition coefficient (Wildman–Crippen LogP) is 4.76. The molecule has 0 fully saturated rings. The Morgan fingerprint density at radius 3 is 1.89 bits per heavy atom. The standard InChI is InChI=1S/C18H33N/c1-12(2)16-11-15(9-10-19(7)8)17(13(3)4)18(16)14(5)6/h11-15H,9-10H2,1-8H3. The highest BCUT2D eigenvalue weighted by atomic mass is 15.0. The first-order valence-corrected chi connectivity index (χ1v) is 7.86. The maximum absolute atomic E-state index is 2.57. The van der Waals surface area contributed by atoms with E-state index in [1.165, 1.54) is 13.0 Å². The van der Waals surface area contributed by atoms with E-state index in [1.54, 1.807) is 16.7 Å². The second-order valence-electron chi connectivity index (χ2n) is 7.15. The first-order chi connectivity index (χ1) is 8.75. The van der Waals surface area contributed by atoms with Crippen LogP contribution in [0.15, 0.2) is 22.8 Å². The Morgan fingerprint density at radius 2 is 1.53 bits per heavy atom. The molecule has 0 amide bonds. The summed E-state index contributed by atoms with van der Waals surface area (Å²) in [5.74, 6) is 2.63. The van der Waals surface area contributed by atoms with E-state index in [9.17, 15) is 0 Å². The van der Waals surface area contributed by atoms with Crippen molar-refractivity contribution in [3.63, 3.8) is 0 Å². The number of rotatable bonds is 6. The van der Waals surface area contributed by atoms with Crippen LogP contribution in [0.3, 0.4) is 0 Å². The topological polar surface area (TPSA) is 3.24 Å². The van der Waals surface area contributed by atoms with Crippen LogP contribution >= 0.6 is 0 Å². The molecular formula is C18H33N. The summed E-state index contributed by atoms with van der Waals surface area (Å²) in [5, 5.41) is 0. The maximum Gasteiger partial charge on any atom is 0.000349 e. The van der Waals surface area contributed by atoms with E-state index in [0.29, 0.717) is 23.7 Å². The molecule has 0 aromatic heterocycles. The Bertz CT molecular complexity index is 356. The van der Waals surface area contributed by atoms with Crippen molar-refractivity contribution in [1.29, 1.82) is 0 Å². The van der Waals surface area contributed by atoms with Crippen LogP contribution in [0.1, 0.15) is 48.0 Å². The molecule has 0 spiro atoms. The summed E-state index contributed by atoms with van der Waals surface area (Å²) < 4.78 is 0. The highest BCUT2D eigenvalue weighted by molar-refractivity contribution is 5.47. The Kier molecular flexibility index (Phi) is 5.85. The number of nitrogens with zero attached hydrogens (tertiary/aromatic N) is 1. The molecule has 1 aliphatic carbocycles. The molecule has 1 rings (SSSR count). The smallest absolute Gasteiger partial charge is 0.000349 e. The van der Waals surface area contributed by atoms with E-state index in [-0.39, 0.29) is 0 Å². The van der Waals surface area contributed by atoms with Gasteiger partial charge >= 0.3 is 0 Å².